The summed E-state index contributed by atoms with van der Waals surface area (Å²) in [5.41, 5.74) is 2.39. The standard InChI is InChI=1S/C23H23N3O3S/c27-23(16-18-8-5-7-17-6-1-2-9-20(17)18)24-14-15-25-21-10-3-4-11-22(21)26(19-12-13-19)30(25,28)29/h1-11,19H,12-16H2,(H,24,27). The lowest BCUT2D eigenvalue weighted by molar-refractivity contribution is -0.120. The Kier molecular flexibility index (Phi) is 4.62. The van der Waals surface area contributed by atoms with E-state index in [0.29, 0.717) is 5.69 Å². The van der Waals surface area contributed by atoms with Gasteiger partial charge in [-0.05, 0) is 41.3 Å². The molecule has 5 rings (SSSR count). The lowest BCUT2D eigenvalue weighted by atomic mass is 10.0. The highest BCUT2D eigenvalue weighted by molar-refractivity contribution is 7.94. The van der Waals surface area contributed by atoms with Gasteiger partial charge < -0.3 is 5.32 Å². The molecule has 1 saturated carbocycles. The molecule has 3 aromatic rings. The number of benzene rings is 3. The van der Waals surface area contributed by atoms with E-state index < -0.39 is 10.2 Å². The Hall–Kier alpha value is -3.06. The van der Waals surface area contributed by atoms with Crippen LogP contribution in [0.25, 0.3) is 10.8 Å². The Balaban J connectivity index is 1.27. The molecule has 0 radical (unpaired) electrons. The Morgan fingerprint density at radius 1 is 0.933 bits per heavy atom. The lowest BCUT2D eigenvalue weighted by Gasteiger charge is -2.21. The largest absolute Gasteiger partial charge is 0.354 e. The molecule has 0 spiro atoms. The third-order valence-corrected chi connectivity index (χ3v) is 7.59. The zero-order valence-electron chi connectivity index (χ0n) is 16.5. The Labute approximate surface area is 176 Å². The molecule has 1 aliphatic carbocycles. The van der Waals surface area contributed by atoms with Gasteiger partial charge >= 0.3 is 10.2 Å². The van der Waals surface area contributed by atoms with Crippen LogP contribution in [0.15, 0.2) is 66.7 Å². The van der Waals surface area contributed by atoms with Gasteiger partial charge in [0, 0.05) is 12.6 Å². The monoisotopic (exact) mass is 421 g/mol. The van der Waals surface area contributed by atoms with Gasteiger partial charge in [-0.15, -0.1) is 0 Å². The highest BCUT2D eigenvalue weighted by Crippen LogP contribution is 2.46. The van der Waals surface area contributed by atoms with E-state index in [-0.39, 0.29) is 31.5 Å². The smallest absolute Gasteiger partial charge is 0.326 e. The first-order chi connectivity index (χ1) is 14.6. The number of hydrogen-bond acceptors (Lipinski definition) is 3. The van der Waals surface area contributed by atoms with Crippen LogP contribution >= 0.6 is 0 Å². The number of carbonyl (C=O) groups is 1. The van der Waals surface area contributed by atoms with Crippen LogP contribution < -0.4 is 13.9 Å². The molecule has 0 saturated heterocycles. The zero-order valence-corrected chi connectivity index (χ0v) is 17.3. The van der Waals surface area contributed by atoms with Crippen molar-refractivity contribution in [3.05, 3.63) is 72.3 Å². The molecule has 1 heterocycles. The first kappa shape index (κ1) is 18.9. The van der Waals surface area contributed by atoms with Crippen molar-refractivity contribution in [1.29, 1.82) is 0 Å². The van der Waals surface area contributed by atoms with Crippen LogP contribution in [0.5, 0.6) is 0 Å². The van der Waals surface area contributed by atoms with Gasteiger partial charge in [-0.1, -0.05) is 54.6 Å². The van der Waals surface area contributed by atoms with Gasteiger partial charge in [0.1, 0.15) is 0 Å². The number of carbonyl (C=O) groups excluding carboxylic acids is 1. The van der Waals surface area contributed by atoms with Crippen molar-refractivity contribution in [3.8, 4) is 0 Å². The third-order valence-electron chi connectivity index (χ3n) is 5.66. The van der Waals surface area contributed by atoms with Gasteiger partial charge in [0.25, 0.3) is 0 Å². The summed E-state index contributed by atoms with van der Waals surface area (Å²) in [6.45, 7) is 0.472. The first-order valence-electron chi connectivity index (χ1n) is 10.2. The molecule has 7 heteroatoms. The molecule has 1 amide bonds. The molecule has 154 valence electrons. The summed E-state index contributed by atoms with van der Waals surface area (Å²) >= 11 is 0. The van der Waals surface area contributed by atoms with Gasteiger partial charge in [0.2, 0.25) is 5.91 Å². The SMILES string of the molecule is O=C(Cc1cccc2ccccc12)NCCN1c2ccccc2N(C2CC2)S1(=O)=O. The normalized spacial score (nSPS) is 17.2. The van der Waals surface area contributed by atoms with Crippen molar-refractivity contribution in [2.75, 3.05) is 21.7 Å². The quantitative estimate of drug-likeness (QED) is 0.664. The summed E-state index contributed by atoms with van der Waals surface area (Å²) in [6, 6.07) is 21.3. The Morgan fingerprint density at radius 2 is 1.63 bits per heavy atom. The highest BCUT2D eigenvalue weighted by Gasteiger charge is 2.47. The number of anilines is 2. The molecule has 0 aromatic heterocycles. The molecule has 1 N–H and O–H groups in total. The maximum atomic E-state index is 13.1. The minimum Gasteiger partial charge on any atom is -0.354 e. The minimum atomic E-state index is -3.59. The van der Waals surface area contributed by atoms with E-state index in [2.05, 4.69) is 5.32 Å². The fourth-order valence-corrected chi connectivity index (χ4v) is 6.05. The number of nitrogens with zero attached hydrogens (tertiary/aromatic N) is 2. The number of fused-ring (bicyclic) bond motifs is 2. The second kappa shape index (κ2) is 7.32. The van der Waals surface area contributed by atoms with Crippen molar-refractivity contribution in [1.82, 2.24) is 5.32 Å². The maximum Gasteiger partial charge on any atom is 0.326 e. The minimum absolute atomic E-state index is 0.0575. The number of para-hydroxylation sites is 2. The van der Waals surface area contributed by atoms with Crippen LogP contribution in [0.1, 0.15) is 18.4 Å². The van der Waals surface area contributed by atoms with E-state index >= 15 is 0 Å². The second-order valence-corrected chi connectivity index (χ2v) is 9.49. The zero-order chi connectivity index (χ0) is 20.7. The molecule has 3 aromatic carbocycles. The number of rotatable bonds is 6. The molecule has 30 heavy (non-hydrogen) atoms. The van der Waals surface area contributed by atoms with E-state index in [1.54, 1.807) is 4.31 Å². The average molecular weight is 422 g/mol. The number of nitrogens with one attached hydrogen (secondary N) is 1. The molecule has 0 bridgehead atoms. The van der Waals surface area contributed by atoms with E-state index in [0.717, 1.165) is 34.9 Å². The molecule has 0 atom stereocenters. The van der Waals surface area contributed by atoms with Crippen LogP contribution in [-0.4, -0.2) is 33.5 Å². The van der Waals surface area contributed by atoms with Crippen LogP contribution in [0.2, 0.25) is 0 Å². The van der Waals surface area contributed by atoms with Crippen LogP contribution in [0.4, 0.5) is 11.4 Å². The van der Waals surface area contributed by atoms with Gasteiger partial charge in [0.05, 0.1) is 24.3 Å². The summed E-state index contributed by atoms with van der Waals surface area (Å²) < 4.78 is 29.1. The Morgan fingerprint density at radius 3 is 2.43 bits per heavy atom. The maximum absolute atomic E-state index is 13.1. The summed E-state index contributed by atoms with van der Waals surface area (Å²) in [7, 11) is -3.59. The number of amides is 1. The van der Waals surface area contributed by atoms with Gasteiger partial charge in [-0.3, -0.25) is 4.79 Å². The van der Waals surface area contributed by atoms with Crippen molar-refractivity contribution >= 4 is 38.3 Å². The molecule has 0 unspecified atom stereocenters. The van der Waals surface area contributed by atoms with E-state index in [4.69, 9.17) is 0 Å². The van der Waals surface area contributed by atoms with E-state index in [1.165, 1.54) is 4.31 Å². The van der Waals surface area contributed by atoms with E-state index in [9.17, 15) is 13.2 Å². The van der Waals surface area contributed by atoms with Crippen LogP contribution in [0, 0.1) is 0 Å². The van der Waals surface area contributed by atoms with Crippen LogP contribution in [0.3, 0.4) is 0 Å². The van der Waals surface area contributed by atoms with Crippen molar-refractivity contribution in [2.24, 2.45) is 0 Å². The molecule has 1 fully saturated rings. The van der Waals surface area contributed by atoms with Crippen molar-refractivity contribution in [3.63, 3.8) is 0 Å². The topological polar surface area (TPSA) is 69.7 Å². The van der Waals surface area contributed by atoms with Crippen molar-refractivity contribution in [2.45, 2.75) is 25.3 Å². The van der Waals surface area contributed by atoms with Gasteiger partial charge in [-0.25, -0.2) is 8.61 Å². The summed E-state index contributed by atoms with van der Waals surface area (Å²) in [6.07, 6.45) is 2.05. The second-order valence-electron chi connectivity index (χ2n) is 7.76. The molecule has 6 nitrogen and oxygen atoms in total. The summed E-state index contributed by atoms with van der Waals surface area (Å²) in [4.78, 5) is 12.5. The fourth-order valence-electron chi connectivity index (χ4n) is 4.13. The molecular formula is C23H23N3O3S. The van der Waals surface area contributed by atoms with Gasteiger partial charge in [0.15, 0.2) is 0 Å². The highest BCUT2D eigenvalue weighted by atomic mass is 32.2. The summed E-state index contributed by atoms with van der Waals surface area (Å²) in [5, 5.41) is 5.05. The van der Waals surface area contributed by atoms with E-state index in [1.807, 2.05) is 66.7 Å². The van der Waals surface area contributed by atoms with Gasteiger partial charge in [-0.2, -0.15) is 8.42 Å². The number of hydrogen-bond donors (Lipinski definition) is 1. The predicted molar refractivity (Wildman–Crippen MR) is 119 cm³/mol. The first-order valence-corrected chi connectivity index (χ1v) is 11.6. The molecule has 2 aliphatic rings. The lowest BCUT2D eigenvalue weighted by Crippen LogP contribution is -2.43. The predicted octanol–water partition coefficient (Wildman–Crippen LogP) is 3.23. The van der Waals surface area contributed by atoms with Crippen molar-refractivity contribution < 1.29 is 13.2 Å². The summed E-state index contributed by atoms with van der Waals surface area (Å²) in [5.74, 6) is -0.115. The molecular weight excluding hydrogens is 398 g/mol. The van der Waals surface area contributed by atoms with Crippen LogP contribution in [-0.2, 0) is 21.4 Å². The molecule has 1 aliphatic heterocycles. The fraction of sp³-hybridized carbons (Fsp3) is 0.261. The Bertz CT molecular complexity index is 1220. The average Bonchev–Trinajstić information content (AvgIpc) is 3.54. The third kappa shape index (κ3) is 3.29.